The fourth-order valence-electron chi connectivity index (χ4n) is 2.38. The molecule has 0 saturated heterocycles. The first-order chi connectivity index (χ1) is 9.47. The Labute approximate surface area is 121 Å². The fraction of sp³-hybridized carbons (Fsp3) is 0.688. The quantitative estimate of drug-likeness (QED) is 0.834. The molecule has 1 fully saturated rings. The van der Waals surface area contributed by atoms with Crippen LogP contribution in [0.3, 0.4) is 0 Å². The lowest BCUT2D eigenvalue weighted by molar-refractivity contribution is -0.130. The predicted octanol–water partition coefficient (Wildman–Crippen LogP) is 2.75. The molecular weight excluding hydrogens is 252 g/mol. The Morgan fingerprint density at radius 1 is 1.50 bits per heavy atom. The van der Waals surface area contributed by atoms with Crippen molar-refractivity contribution in [3.8, 4) is 0 Å². The molecule has 112 valence electrons. The van der Waals surface area contributed by atoms with E-state index in [9.17, 15) is 4.79 Å². The van der Waals surface area contributed by atoms with Gasteiger partial charge in [0.05, 0.1) is 6.54 Å². The highest BCUT2D eigenvalue weighted by molar-refractivity contribution is 5.75. The van der Waals surface area contributed by atoms with Crippen molar-refractivity contribution in [3.63, 3.8) is 0 Å². The molecule has 1 aromatic rings. The Hall–Kier alpha value is -1.29. The zero-order chi connectivity index (χ0) is 14.7. The number of rotatable bonds is 7. The van der Waals surface area contributed by atoms with Gasteiger partial charge in [-0.15, -0.1) is 0 Å². The minimum atomic E-state index is 0.149. The Morgan fingerprint density at radius 2 is 2.20 bits per heavy atom. The van der Waals surface area contributed by atoms with Gasteiger partial charge in [-0.3, -0.25) is 4.79 Å². The molecule has 0 radical (unpaired) electrons. The number of carbonyl (C=O) groups excluding carboxylic acids is 1. The predicted molar refractivity (Wildman–Crippen MR) is 79.5 cm³/mol. The average Bonchev–Trinajstić information content (AvgIpc) is 2.93. The standard InChI is InChI=1S/C16H26N2O2/c1-11(2)17-8-7-16(19)18(4)10-13-5-6-15(20-13)14-9-12(14)3/h5-6,11-12,14,17H,7-10H2,1-4H3. The van der Waals surface area contributed by atoms with Crippen LogP contribution in [0, 0.1) is 5.92 Å². The summed E-state index contributed by atoms with van der Waals surface area (Å²) in [7, 11) is 1.83. The SMILES string of the molecule is CC(C)NCCC(=O)N(C)Cc1ccc(C2CC2C)o1. The normalized spacial score (nSPS) is 21.2. The van der Waals surface area contributed by atoms with Crippen LogP contribution in [0.2, 0.25) is 0 Å². The highest BCUT2D eigenvalue weighted by Gasteiger charge is 2.36. The number of amides is 1. The van der Waals surface area contributed by atoms with Crippen molar-refractivity contribution in [3.05, 3.63) is 23.7 Å². The molecule has 0 aromatic carbocycles. The van der Waals surface area contributed by atoms with Crippen LogP contribution in [0.1, 0.15) is 51.1 Å². The van der Waals surface area contributed by atoms with Crippen molar-refractivity contribution in [1.82, 2.24) is 10.2 Å². The molecule has 1 aliphatic rings. The van der Waals surface area contributed by atoms with Gasteiger partial charge in [-0.2, -0.15) is 0 Å². The lowest BCUT2D eigenvalue weighted by Crippen LogP contribution is -2.31. The smallest absolute Gasteiger partial charge is 0.223 e. The molecule has 1 aliphatic carbocycles. The number of furan rings is 1. The van der Waals surface area contributed by atoms with Crippen LogP contribution in [0.25, 0.3) is 0 Å². The molecule has 2 rings (SSSR count). The van der Waals surface area contributed by atoms with Crippen molar-refractivity contribution in [2.75, 3.05) is 13.6 Å². The maximum atomic E-state index is 12.0. The topological polar surface area (TPSA) is 45.5 Å². The number of hydrogen-bond donors (Lipinski definition) is 1. The molecule has 2 unspecified atom stereocenters. The Kier molecular flexibility index (Phi) is 4.86. The second-order valence-electron chi connectivity index (χ2n) is 6.23. The first-order valence-electron chi connectivity index (χ1n) is 7.53. The van der Waals surface area contributed by atoms with Gasteiger partial charge in [0.25, 0.3) is 0 Å². The van der Waals surface area contributed by atoms with Gasteiger partial charge >= 0.3 is 0 Å². The van der Waals surface area contributed by atoms with Crippen LogP contribution >= 0.6 is 0 Å². The summed E-state index contributed by atoms with van der Waals surface area (Å²) in [4.78, 5) is 13.7. The van der Waals surface area contributed by atoms with E-state index in [0.29, 0.717) is 24.9 Å². The largest absolute Gasteiger partial charge is 0.464 e. The summed E-state index contributed by atoms with van der Waals surface area (Å²) < 4.78 is 5.83. The highest BCUT2D eigenvalue weighted by Crippen LogP contribution is 2.47. The minimum Gasteiger partial charge on any atom is -0.464 e. The molecule has 1 N–H and O–H groups in total. The Bertz CT molecular complexity index is 453. The third-order valence-electron chi connectivity index (χ3n) is 3.87. The number of hydrogen-bond acceptors (Lipinski definition) is 3. The average molecular weight is 278 g/mol. The molecule has 4 heteroatoms. The van der Waals surface area contributed by atoms with E-state index in [0.717, 1.165) is 24.0 Å². The third-order valence-corrected chi connectivity index (χ3v) is 3.87. The van der Waals surface area contributed by atoms with Crippen molar-refractivity contribution in [2.45, 2.75) is 52.1 Å². The third kappa shape index (κ3) is 4.10. The van der Waals surface area contributed by atoms with Crippen LogP contribution in [0.4, 0.5) is 0 Å². The van der Waals surface area contributed by atoms with Gasteiger partial charge < -0.3 is 14.6 Å². The van der Waals surface area contributed by atoms with E-state index >= 15 is 0 Å². The Morgan fingerprint density at radius 3 is 2.80 bits per heavy atom. The molecule has 1 saturated carbocycles. The second-order valence-corrected chi connectivity index (χ2v) is 6.23. The van der Waals surface area contributed by atoms with Crippen molar-refractivity contribution < 1.29 is 9.21 Å². The monoisotopic (exact) mass is 278 g/mol. The summed E-state index contributed by atoms with van der Waals surface area (Å²) in [5.41, 5.74) is 0. The maximum Gasteiger partial charge on any atom is 0.223 e. The molecule has 0 aliphatic heterocycles. The van der Waals surface area contributed by atoms with Crippen LogP contribution < -0.4 is 5.32 Å². The molecule has 1 aromatic heterocycles. The van der Waals surface area contributed by atoms with Gasteiger partial charge in [0.2, 0.25) is 5.91 Å². The molecule has 2 atom stereocenters. The zero-order valence-electron chi connectivity index (χ0n) is 13.0. The van der Waals surface area contributed by atoms with E-state index in [1.165, 1.54) is 6.42 Å². The van der Waals surface area contributed by atoms with E-state index < -0.39 is 0 Å². The molecule has 4 nitrogen and oxygen atoms in total. The van der Waals surface area contributed by atoms with Crippen molar-refractivity contribution in [1.29, 1.82) is 0 Å². The van der Waals surface area contributed by atoms with Crippen LogP contribution in [-0.4, -0.2) is 30.4 Å². The van der Waals surface area contributed by atoms with Crippen LogP contribution in [-0.2, 0) is 11.3 Å². The summed E-state index contributed by atoms with van der Waals surface area (Å²) in [6, 6.07) is 4.47. The van der Waals surface area contributed by atoms with Gasteiger partial charge in [0.15, 0.2) is 0 Å². The van der Waals surface area contributed by atoms with Gasteiger partial charge in [-0.25, -0.2) is 0 Å². The van der Waals surface area contributed by atoms with E-state index in [4.69, 9.17) is 4.42 Å². The van der Waals surface area contributed by atoms with E-state index in [2.05, 4.69) is 32.2 Å². The van der Waals surface area contributed by atoms with Gasteiger partial charge in [0, 0.05) is 32.0 Å². The summed E-state index contributed by atoms with van der Waals surface area (Å²) in [5.74, 6) is 3.45. The Balaban J connectivity index is 1.77. The number of carbonyl (C=O) groups is 1. The van der Waals surface area contributed by atoms with Gasteiger partial charge in [0.1, 0.15) is 11.5 Å². The number of nitrogens with one attached hydrogen (secondary N) is 1. The second kappa shape index (κ2) is 6.44. The van der Waals surface area contributed by atoms with E-state index in [1.54, 1.807) is 4.90 Å². The number of nitrogens with zero attached hydrogens (tertiary/aromatic N) is 1. The summed E-state index contributed by atoms with van der Waals surface area (Å²) in [6.45, 7) is 7.69. The summed E-state index contributed by atoms with van der Waals surface area (Å²) >= 11 is 0. The maximum absolute atomic E-state index is 12.0. The molecule has 0 bridgehead atoms. The highest BCUT2D eigenvalue weighted by atomic mass is 16.3. The van der Waals surface area contributed by atoms with Crippen LogP contribution in [0.15, 0.2) is 16.5 Å². The molecule has 1 amide bonds. The zero-order valence-corrected chi connectivity index (χ0v) is 13.0. The summed E-state index contributed by atoms with van der Waals surface area (Å²) in [5, 5.41) is 3.26. The van der Waals surface area contributed by atoms with Gasteiger partial charge in [-0.1, -0.05) is 20.8 Å². The fourth-order valence-corrected chi connectivity index (χ4v) is 2.38. The van der Waals surface area contributed by atoms with Crippen molar-refractivity contribution in [2.24, 2.45) is 5.92 Å². The molecular formula is C16H26N2O2. The molecule has 0 spiro atoms. The lowest BCUT2D eigenvalue weighted by Gasteiger charge is -2.16. The lowest BCUT2D eigenvalue weighted by atomic mass is 10.3. The van der Waals surface area contributed by atoms with E-state index in [1.807, 2.05) is 13.1 Å². The van der Waals surface area contributed by atoms with E-state index in [-0.39, 0.29) is 5.91 Å². The summed E-state index contributed by atoms with van der Waals surface area (Å²) in [6.07, 6.45) is 1.75. The van der Waals surface area contributed by atoms with Crippen molar-refractivity contribution >= 4 is 5.91 Å². The first kappa shape index (κ1) is 15.1. The first-order valence-corrected chi connectivity index (χ1v) is 7.53. The molecule has 1 heterocycles. The minimum absolute atomic E-state index is 0.149. The molecule has 20 heavy (non-hydrogen) atoms. The van der Waals surface area contributed by atoms with Crippen LogP contribution in [0.5, 0.6) is 0 Å². The van der Waals surface area contributed by atoms with Gasteiger partial charge in [-0.05, 0) is 24.5 Å².